The number of nitriles is 1. The zero-order chi connectivity index (χ0) is 21.5. The van der Waals surface area contributed by atoms with Crippen molar-refractivity contribution in [2.45, 2.75) is 52.0 Å². The standard InChI is InChI=1S/C25H29ClFN3/c1-17(2)19-5-7-24(23(27)12-19)29-10-8-25(9-11-29)14-18(3)30(16-25)21-6-4-20(15-28)22(26)13-21/h4-7,12-13,17-18H,8-11,14,16H2,1-3H3/t18-/m0/s1. The Hall–Kier alpha value is -2.25. The van der Waals surface area contributed by atoms with E-state index < -0.39 is 0 Å². The third-order valence-electron chi connectivity index (χ3n) is 6.97. The van der Waals surface area contributed by atoms with E-state index in [-0.39, 0.29) is 11.2 Å². The van der Waals surface area contributed by atoms with Crippen LogP contribution in [0.15, 0.2) is 36.4 Å². The summed E-state index contributed by atoms with van der Waals surface area (Å²) in [6, 6.07) is 14.0. The van der Waals surface area contributed by atoms with Gasteiger partial charge in [0.2, 0.25) is 0 Å². The van der Waals surface area contributed by atoms with E-state index in [0.29, 0.717) is 22.5 Å². The van der Waals surface area contributed by atoms with Crippen LogP contribution in [-0.4, -0.2) is 25.7 Å². The molecule has 0 radical (unpaired) electrons. The molecular formula is C25H29ClFN3. The number of rotatable bonds is 3. The first kappa shape index (κ1) is 21.0. The third-order valence-corrected chi connectivity index (χ3v) is 7.29. The fourth-order valence-electron chi connectivity index (χ4n) is 5.16. The molecule has 2 aliphatic rings. The summed E-state index contributed by atoms with van der Waals surface area (Å²) in [4.78, 5) is 4.62. The molecule has 2 heterocycles. The van der Waals surface area contributed by atoms with Crippen molar-refractivity contribution in [3.63, 3.8) is 0 Å². The Balaban J connectivity index is 1.46. The molecule has 2 aromatic carbocycles. The van der Waals surface area contributed by atoms with Crippen LogP contribution in [0.3, 0.4) is 0 Å². The van der Waals surface area contributed by atoms with Gasteiger partial charge in [0.25, 0.3) is 0 Å². The number of benzene rings is 2. The summed E-state index contributed by atoms with van der Waals surface area (Å²) in [6.45, 7) is 9.19. The van der Waals surface area contributed by atoms with Crippen LogP contribution >= 0.6 is 11.6 Å². The van der Waals surface area contributed by atoms with Gasteiger partial charge in [-0.25, -0.2) is 4.39 Å². The van der Waals surface area contributed by atoms with E-state index in [1.54, 1.807) is 6.07 Å². The van der Waals surface area contributed by atoms with Gasteiger partial charge in [-0.15, -0.1) is 0 Å². The van der Waals surface area contributed by atoms with Crippen LogP contribution in [0.5, 0.6) is 0 Å². The predicted molar refractivity (Wildman–Crippen MR) is 122 cm³/mol. The number of hydrogen-bond donors (Lipinski definition) is 0. The minimum absolute atomic E-state index is 0.106. The van der Waals surface area contributed by atoms with Gasteiger partial charge in [0.15, 0.2) is 0 Å². The van der Waals surface area contributed by atoms with Gasteiger partial charge in [0.1, 0.15) is 11.9 Å². The van der Waals surface area contributed by atoms with E-state index in [1.165, 1.54) is 0 Å². The Labute approximate surface area is 184 Å². The summed E-state index contributed by atoms with van der Waals surface area (Å²) < 4.78 is 14.7. The molecule has 2 saturated heterocycles. The summed E-state index contributed by atoms with van der Waals surface area (Å²) in [7, 11) is 0. The lowest BCUT2D eigenvalue weighted by molar-refractivity contribution is 0.244. The van der Waals surface area contributed by atoms with E-state index >= 15 is 0 Å². The Kier molecular flexibility index (Phi) is 5.68. The molecule has 2 fully saturated rings. The Morgan fingerprint density at radius 1 is 1.17 bits per heavy atom. The first-order valence-electron chi connectivity index (χ1n) is 10.8. The lowest BCUT2D eigenvalue weighted by Crippen LogP contribution is -2.42. The average Bonchev–Trinajstić information content (AvgIpc) is 3.04. The van der Waals surface area contributed by atoms with Crippen molar-refractivity contribution in [1.29, 1.82) is 5.26 Å². The first-order valence-corrected chi connectivity index (χ1v) is 11.2. The summed E-state index contributed by atoms with van der Waals surface area (Å²) in [5, 5.41) is 9.64. The number of nitrogens with zero attached hydrogens (tertiary/aromatic N) is 3. The van der Waals surface area contributed by atoms with Crippen LogP contribution in [0.4, 0.5) is 15.8 Å². The van der Waals surface area contributed by atoms with Crippen LogP contribution in [-0.2, 0) is 0 Å². The topological polar surface area (TPSA) is 30.3 Å². The third kappa shape index (κ3) is 3.88. The summed E-state index contributed by atoms with van der Waals surface area (Å²) in [5.74, 6) is 0.227. The normalized spacial score (nSPS) is 20.8. The zero-order valence-corrected chi connectivity index (χ0v) is 18.7. The first-order chi connectivity index (χ1) is 14.3. The van der Waals surface area contributed by atoms with Gasteiger partial charge < -0.3 is 9.80 Å². The highest BCUT2D eigenvalue weighted by Crippen LogP contribution is 2.46. The smallest absolute Gasteiger partial charge is 0.146 e. The Morgan fingerprint density at radius 2 is 1.90 bits per heavy atom. The molecule has 2 aromatic rings. The second kappa shape index (κ2) is 8.12. The van der Waals surface area contributed by atoms with Crippen molar-refractivity contribution >= 4 is 23.0 Å². The van der Waals surface area contributed by atoms with Gasteiger partial charge in [0, 0.05) is 31.4 Å². The average molecular weight is 426 g/mol. The molecule has 0 unspecified atom stereocenters. The second-order valence-electron chi connectivity index (χ2n) is 9.31. The molecule has 0 amide bonds. The van der Waals surface area contributed by atoms with E-state index in [4.69, 9.17) is 16.9 Å². The predicted octanol–water partition coefficient (Wildman–Crippen LogP) is 6.36. The molecule has 0 bridgehead atoms. The highest BCUT2D eigenvalue weighted by Gasteiger charge is 2.44. The molecule has 4 rings (SSSR count). The minimum Gasteiger partial charge on any atom is -0.369 e. The molecule has 3 nitrogen and oxygen atoms in total. The van der Waals surface area contributed by atoms with Gasteiger partial charge in [-0.1, -0.05) is 31.5 Å². The summed E-state index contributed by atoms with van der Waals surface area (Å²) in [5.41, 5.74) is 3.63. The van der Waals surface area contributed by atoms with E-state index in [1.807, 2.05) is 24.3 Å². The SMILES string of the molecule is CC(C)c1ccc(N2CCC3(CC2)C[C@H](C)N(c2ccc(C#N)c(Cl)c2)C3)c(F)c1. The fraction of sp³-hybridized carbons (Fsp3) is 0.480. The number of anilines is 2. The molecule has 30 heavy (non-hydrogen) atoms. The number of halogens is 2. The Bertz CT molecular complexity index is 973. The van der Waals surface area contributed by atoms with Crippen LogP contribution in [0.25, 0.3) is 0 Å². The van der Waals surface area contributed by atoms with Crippen LogP contribution in [0.1, 0.15) is 57.1 Å². The maximum atomic E-state index is 14.7. The van der Waals surface area contributed by atoms with E-state index in [2.05, 4.69) is 42.7 Å². The van der Waals surface area contributed by atoms with E-state index in [0.717, 1.165) is 55.8 Å². The fourth-order valence-corrected chi connectivity index (χ4v) is 5.38. The van der Waals surface area contributed by atoms with Crippen molar-refractivity contribution in [3.8, 4) is 6.07 Å². The molecule has 1 spiro atoms. The molecule has 0 aromatic heterocycles. The van der Waals surface area contributed by atoms with Crippen LogP contribution in [0, 0.1) is 22.6 Å². The van der Waals surface area contributed by atoms with Crippen molar-refractivity contribution < 1.29 is 4.39 Å². The highest BCUT2D eigenvalue weighted by molar-refractivity contribution is 6.32. The molecule has 158 valence electrons. The van der Waals surface area contributed by atoms with Crippen molar-refractivity contribution in [1.82, 2.24) is 0 Å². The second-order valence-corrected chi connectivity index (χ2v) is 9.72. The maximum Gasteiger partial charge on any atom is 0.146 e. The van der Waals surface area contributed by atoms with Gasteiger partial charge >= 0.3 is 0 Å². The van der Waals surface area contributed by atoms with Crippen LogP contribution in [0.2, 0.25) is 5.02 Å². The molecule has 0 N–H and O–H groups in total. The van der Waals surface area contributed by atoms with Crippen molar-refractivity contribution in [2.24, 2.45) is 5.41 Å². The highest BCUT2D eigenvalue weighted by atomic mass is 35.5. The van der Waals surface area contributed by atoms with Crippen LogP contribution < -0.4 is 9.80 Å². The molecule has 1 atom stereocenters. The quantitative estimate of drug-likeness (QED) is 0.573. The Morgan fingerprint density at radius 3 is 2.50 bits per heavy atom. The molecule has 5 heteroatoms. The van der Waals surface area contributed by atoms with Gasteiger partial charge in [0.05, 0.1) is 16.3 Å². The number of hydrogen-bond acceptors (Lipinski definition) is 3. The van der Waals surface area contributed by atoms with Gasteiger partial charge in [-0.3, -0.25) is 0 Å². The molecule has 2 aliphatic heterocycles. The lowest BCUT2D eigenvalue weighted by atomic mass is 9.76. The van der Waals surface area contributed by atoms with Gasteiger partial charge in [-0.05, 0) is 73.4 Å². The van der Waals surface area contributed by atoms with Crippen molar-refractivity contribution in [3.05, 3.63) is 58.4 Å². The number of piperidine rings is 1. The monoisotopic (exact) mass is 425 g/mol. The van der Waals surface area contributed by atoms with Gasteiger partial charge in [-0.2, -0.15) is 5.26 Å². The molecular weight excluding hydrogens is 397 g/mol. The summed E-state index contributed by atoms with van der Waals surface area (Å²) in [6.07, 6.45) is 3.25. The molecule has 0 saturated carbocycles. The lowest BCUT2D eigenvalue weighted by Gasteiger charge is -2.40. The van der Waals surface area contributed by atoms with Crippen molar-refractivity contribution in [2.75, 3.05) is 29.4 Å². The summed E-state index contributed by atoms with van der Waals surface area (Å²) >= 11 is 6.27. The molecule has 0 aliphatic carbocycles. The minimum atomic E-state index is -0.106. The largest absolute Gasteiger partial charge is 0.369 e. The maximum absolute atomic E-state index is 14.7. The van der Waals surface area contributed by atoms with E-state index in [9.17, 15) is 4.39 Å². The zero-order valence-electron chi connectivity index (χ0n) is 18.0.